The van der Waals surface area contributed by atoms with Crippen molar-refractivity contribution in [2.45, 2.75) is 25.4 Å². The van der Waals surface area contributed by atoms with E-state index in [1.807, 2.05) is 6.92 Å². The molecule has 0 aromatic heterocycles. The number of anilines is 2. The number of benzene rings is 2. The van der Waals surface area contributed by atoms with E-state index in [2.05, 4.69) is 15.0 Å². The molecular weight excluding hydrogens is 436 g/mol. The summed E-state index contributed by atoms with van der Waals surface area (Å²) < 4.78 is 57.4. The second kappa shape index (κ2) is 10.3. The Morgan fingerprint density at radius 2 is 1.87 bits per heavy atom. The predicted molar refractivity (Wildman–Crippen MR) is 117 cm³/mol. The molecule has 30 heavy (non-hydrogen) atoms. The summed E-state index contributed by atoms with van der Waals surface area (Å²) in [7, 11) is -3.88. The van der Waals surface area contributed by atoms with Crippen LogP contribution in [0.5, 0.6) is 5.75 Å². The highest BCUT2D eigenvalue weighted by molar-refractivity contribution is 7.92. The number of nitrogens with one attached hydrogen (secondary N) is 1. The van der Waals surface area contributed by atoms with Crippen LogP contribution < -0.4 is 19.3 Å². The number of rotatable bonds is 7. The van der Waals surface area contributed by atoms with E-state index >= 15 is 0 Å². The van der Waals surface area contributed by atoms with Crippen molar-refractivity contribution in [3.63, 3.8) is 0 Å². The normalized spacial score (nSPS) is 14.4. The van der Waals surface area contributed by atoms with Crippen molar-refractivity contribution in [3.05, 3.63) is 48.0 Å². The number of hydrogen-bond acceptors (Lipinski definition) is 5. The summed E-state index contributed by atoms with van der Waals surface area (Å²) in [5.41, 5.74) is 2.16. The Kier molecular flexibility index (Phi) is 8.28. The van der Waals surface area contributed by atoms with Crippen molar-refractivity contribution in [3.8, 4) is 5.75 Å². The molecule has 1 saturated heterocycles. The minimum atomic E-state index is -3.88. The number of aryl methyl sites for hydroxylation is 1. The van der Waals surface area contributed by atoms with Gasteiger partial charge in [0.2, 0.25) is 0 Å². The van der Waals surface area contributed by atoms with Gasteiger partial charge in [0.1, 0.15) is 5.75 Å². The van der Waals surface area contributed by atoms with Gasteiger partial charge in [-0.3, -0.25) is 4.31 Å². The first-order valence-electron chi connectivity index (χ1n) is 9.47. The SMILES string of the molecule is CCN(c1cccc(OC(F)F)c1)S(=O)(=O)c1ccc(C)c(N2CCNCC2)c1.Cl. The highest BCUT2D eigenvalue weighted by Crippen LogP contribution is 2.30. The summed E-state index contributed by atoms with van der Waals surface area (Å²) in [4.78, 5) is 2.33. The molecule has 0 bridgehead atoms. The van der Waals surface area contributed by atoms with Crippen molar-refractivity contribution in [2.24, 2.45) is 0 Å². The Hall–Kier alpha value is -2.10. The van der Waals surface area contributed by atoms with E-state index < -0.39 is 16.6 Å². The highest BCUT2D eigenvalue weighted by atomic mass is 35.5. The Labute approximate surface area is 182 Å². The summed E-state index contributed by atoms with van der Waals surface area (Å²) in [6, 6.07) is 10.8. The maximum absolute atomic E-state index is 13.3. The van der Waals surface area contributed by atoms with E-state index in [0.717, 1.165) is 37.4 Å². The van der Waals surface area contributed by atoms with Crippen LogP contribution in [0.15, 0.2) is 47.4 Å². The van der Waals surface area contributed by atoms with Crippen molar-refractivity contribution >= 4 is 33.8 Å². The molecule has 0 aliphatic carbocycles. The predicted octanol–water partition coefficient (Wildman–Crippen LogP) is 3.64. The van der Waals surface area contributed by atoms with Crippen LogP contribution in [-0.2, 0) is 10.0 Å². The third kappa shape index (κ3) is 5.33. The molecule has 166 valence electrons. The van der Waals surface area contributed by atoms with E-state index in [-0.39, 0.29) is 35.3 Å². The molecule has 3 rings (SSSR count). The zero-order valence-electron chi connectivity index (χ0n) is 16.8. The Morgan fingerprint density at radius 3 is 2.50 bits per heavy atom. The first-order chi connectivity index (χ1) is 13.8. The van der Waals surface area contributed by atoms with E-state index in [4.69, 9.17) is 0 Å². The van der Waals surface area contributed by atoms with Gasteiger partial charge < -0.3 is 15.0 Å². The van der Waals surface area contributed by atoms with Crippen LogP contribution in [0.2, 0.25) is 0 Å². The molecule has 6 nitrogen and oxygen atoms in total. The number of sulfonamides is 1. The maximum Gasteiger partial charge on any atom is 0.387 e. The number of ether oxygens (including phenoxy) is 1. The molecule has 1 aliphatic rings. The van der Waals surface area contributed by atoms with Crippen LogP contribution in [0.1, 0.15) is 12.5 Å². The molecule has 0 radical (unpaired) electrons. The molecule has 1 N–H and O–H groups in total. The van der Waals surface area contributed by atoms with Crippen molar-refractivity contribution < 1.29 is 21.9 Å². The highest BCUT2D eigenvalue weighted by Gasteiger charge is 2.26. The number of alkyl halides is 2. The maximum atomic E-state index is 13.3. The minimum Gasteiger partial charge on any atom is -0.435 e. The molecule has 1 aliphatic heterocycles. The van der Waals surface area contributed by atoms with Gasteiger partial charge in [0, 0.05) is 44.5 Å². The van der Waals surface area contributed by atoms with Crippen LogP contribution >= 0.6 is 12.4 Å². The lowest BCUT2D eigenvalue weighted by molar-refractivity contribution is -0.0498. The topological polar surface area (TPSA) is 61.9 Å². The molecule has 0 saturated carbocycles. The number of halogens is 3. The monoisotopic (exact) mass is 461 g/mol. The standard InChI is InChI=1S/C20H25F2N3O3S.ClH/c1-3-25(16-5-4-6-17(13-16)28-20(21)22)29(26,27)18-8-7-15(2)19(14-18)24-11-9-23-10-12-24;/h4-8,13-14,20,23H,3,9-12H2,1-2H3;1H. The quantitative estimate of drug-likeness (QED) is 0.682. The van der Waals surface area contributed by atoms with Gasteiger partial charge in [-0.25, -0.2) is 8.42 Å². The first kappa shape index (κ1) is 24.2. The van der Waals surface area contributed by atoms with Gasteiger partial charge in [0.25, 0.3) is 10.0 Å². The second-order valence-corrected chi connectivity index (χ2v) is 8.59. The fraction of sp³-hybridized carbons (Fsp3) is 0.400. The van der Waals surface area contributed by atoms with Crippen LogP contribution in [0, 0.1) is 6.92 Å². The summed E-state index contributed by atoms with van der Waals surface area (Å²) in [6.07, 6.45) is 0. The van der Waals surface area contributed by atoms with Crippen LogP contribution in [-0.4, -0.2) is 47.8 Å². The Bertz CT molecular complexity index is 954. The van der Waals surface area contributed by atoms with Crippen molar-refractivity contribution in [2.75, 3.05) is 41.9 Å². The largest absolute Gasteiger partial charge is 0.435 e. The summed E-state index contributed by atoms with van der Waals surface area (Å²) >= 11 is 0. The molecule has 2 aromatic carbocycles. The van der Waals surface area contributed by atoms with Gasteiger partial charge in [-0.05, 0) is 43.7 Å². The first-order valence-corrected chi connectivity index (χ1v) is 10.9. The van der Waals surface area contributed by atoms with E-state index in [0.29, 0.717) is 0 Å². The molecular formula is C20H26ClF2N3O3S. The average molecular weight is 462 g/mol. The summed E-state index contributed by atoms with van der Waals surface area (Å²) in [6.45, 7) is 4.11. The fourth-order valence-electron chi connectivity index (χ4n) is 3.43. The second-order valence-electron chi connectivity index (χ2n) is 6.73. The lowest BCUT2D eigenvalue weighted by Crippen LogP contribution is -2.43. The molecule has 0 unspecified atom stereocenters. The lowest BCUT2D eigenvalue weighted by atomic mass is 10.1. The number of hydrogen-bond donors (Lipinski definition) is 1. The molecule has 2 aromatic rings. The molecule has 1 heterocycles. The van der Waals surface area contributed by atoms with Crippen LogP contribution in [0.3, 0.4) is 0 Å². The van der Waals surface area contributed by atoms with Crippen LogP contribution in [0.4, 0.5) is 20.2 Å². The van der Waals surface area contributed by atoms with Crippen LogP contribution in [0.25, 0.3) is 0 Å². The third-order valence-electron chi connectivity index (χ3n) is 4.84. The Morgan fingerprint density at radius 1 is 1.17 bits per heavy atom. The molecule has 0 spiro atoms. The van der Waals surface area contributed by atoms with Gasteiger partial charge in [-0.15, -0.1) is 12.4 Å². The van der Waals surface area contributed by atoms with Gasteiger partial charge in [0.05, 0.1) is 10.6 Å². The zero-order chi connectivity index (χ0) is 21.0. The fourth-order valence-corrected chi connectivity index (χ4v) is 4.92. The van der Waals surface area contributed by atoms with Gasteiger partial charge in [0.15, 0.2) is 0 Å². The van der Waals surface area contributed by atoms with E-state index in [1.54, 1.807) is 31.2 Å². The number of nitrogens with zero attached hydrogens (tertiary/aromatic N) is 2. The summed E-state index contributed by atoms with van der Waals surface area (Å²) in [5.74, 6) is -0.0865. The van der Waals surface area contributed by atoms with Crippen molar-refractivity contribution in [1.82, 2.24) is 5.32 Å². The van der Waals surface area contributed by atoms with E-state index in [9.17, 15) is 17.2 Å². The molecule has 0 atom stereocenters. The number of piperazine rings is 1. The smallest absolute Gasteiger partial charge is 0.387 e. The van der Waals surface area contributed by atoms with E-state index in [1.165, 1.54) is 22.5 Å². The molecule has 1 fully saturated rings. The summed E-state index contributed by atoms with van der Waals surface area (Å²) in [5, 5.41) is 3.28. The average Bonchev–Trinajstić information content (AvgIpc) is 2.69. The Balaban J connectivity index is 0.00000320. The van der Waals surface area contributed by atoms with Crippen molar-refractivity contribution in [1.29, 1.82) is 0 Å². The van der Waals surface area contributed by atoms with Gasteiger partial charge in [-0.1, -0.05) is 12.1 Å². The van der Waals surface area contributed by atoms with Gasteiger partial charge in [-0.2, -0.15) is 8.78 Å². The molecule has 10 heteroatoms. The minimum absolute atomic E-state index is 0. The van der Waals surface area contributed by atoms with Gasteiger partial charge >= 0.3 is 6.61 Å². The third-order valence-corrected chi connectivity index (χ3v) is 6.74. The zero-order valence-corrected chi connectivity index (χ0v) is 18.5. The molecule has 0 amide bonds. The lowest BCUT2D eigenvalue weighted by Gasteiger charge is -2.31.